The molecule has 5 heteroatoms. The number of aromatic nitrogens is 1. The number of para-hydroxylation sites is 1. The van der Waals surface area contributed by atoms with Crippen LogP contribution in [0.4, 0.5) is 5.69 Å². The molecule has 3 aromatic carbocycles. The van der Waals surface area contributed by atoms with E-state index in [4.69, 9.17) is 0 Å². The predicted molar refractivity (Wildman–Crippen MR) is 102 cm³/mol. The van der Waals surface area contributed by atoms with Crippen molar-refractivity contribution >= 4 is 33.3 Å². The third kappa shape index (κ3) is 2.37. The van der Waals surface area contributed by atoms with Gasteiger partial charge in [0.1, 0.15) is 0 Å². The first-order valence-corrected chi connectivity index (χ1v) is 8.27. The van der Waals surface area contributed by atoms with Crippen LogP contribution >= 0.6 is 0 Å². The van der Waals surface area contributed by atoms with Crippen LogP contribution in [-0.2, 0) is 0 Å². The molecule has 26 heavy (non-hydrogen) atoms. The molecule has 4 rings (SSSR count). The molecule has 0 radical (unpaired) electrons. The fourth-order valence-electron chi connectivity index (χ4n) is 3.46. The number of ketones is 1. The van der Waals surface area contributed by atoms with E-state index in [0.29, 0.717) is 5.56 Å². The van der Waals surface area contributed by atoms with E-state index in [1.54, 1.807) is 19.1 Å². The Balaban J connectivity index is 2.18. The molecule has 0 unspecified atom stereocenters. The van der Waals surface area contributed by atoms with Gasteiger partial charge in [-0.1, -0.05) is 24.3 Å². The van der Waals surface area contributed by atoms with Crippen molar-refractivity contribution in [1.82, 2.24) is 4.57 Å². The number of nitro benzene ring substituents is 1. The SMILES string of the molecule is CC(=O)c1ccc(C)cc1-n1c2ccccc2c2cc([N+](=O)[O-])ccc21. The van der Waals surface area contributed by atoms with Crippen LogP contribution in [0.1, 0.15) is 22.8 Å². The molecular weight excluding hydrogens is 328 g/mol. The van der Waals surface area contributed by atoms with Crippen LogP contribution in [0.3, 0.4) is 0 Å². The molecule has 4 aromatic rings. The number of Topliss-reactive ketones (excluding diaryl/α,β-unsaturated/α-hetero) is 1. The topological polar surface area (TPSA) is 65.1 Å². The first-order chi connectivity index (χ1) is 12.5. The minimum atomic E-state index is -0.390. The summed E-state index contributed by atoms with van der Waals surface area (Å²) < 4.78 is 2.01. The molecule has 0 N–H and O–H groups in total. The van der Waals surface area contributed by atoms with E-state index < -0.39 is 0 Å². The average molecular weight is 344 g/mol. The molecule has 0 saturated heterocycles. The van der Waals surface area contributed by atoms with E-state index >= 15 is 0 Å². The van der Waals surface area contributed by atoms with Gasteiger partial charge >= 0.3 is 0 Å². The van der Waals surface area contributed by atoms with Gasteiger partial charge in [0, 0.05) is 28.5 Å². The Morgan fingerprint density at radius 3 is 2.42 bits per heavy atom. The number of aryl methyl sites for hydroxylation is 1. The van der Waals surface area contributed by atoms with E-state index in [1.165, 1.54) is 6.07 Å². The standard InChI is InChI=1S/C21H16N2O3/c1-13-7-9-16(14(2)24)21(11-13)22-19-6-4-3-5-17(19)18-12-15(23(25)26)8-10-20(18)22/h3-12H,1-2H3. The molecule has 0 atom stereocenters. The summed E-state index contributed by atoms with van der Waals surface area (Å²) in [4.78, 5) is 23.0. The average Bonchev–Trinajstić information content (AvgIpc) is 2.95. The third-order valence-corrected chi connectivity index (χ3v) is 4.64. The third-order valence-electron chi connectivity index (χ3n) is 4.64. The first-order valence-electron chi connectivity index (χ1n) is 8.27. The molecule has 0 saturated carbocycles. The van der Waals surface area contributed by atoms with Crippen LogP contribution in [-0.4, -0.2) is 15.3 Å². The van der Waals surface area contributed by atoms with Crippen molar-refractivity contribution in [2.75, 3.05) is 0 Å². The maximum absolute atomic E-state index is 12.2. The number of rotatable bonds is 3. The fraction of sp³-hybridized carbons (Fsp3) is 0.0952. The molecule has 128 valence electrons. The number of fused-ring (bicyclic) bond motifs is 3. The molecular formula is C21H16N2O3. The van der Waals surface area contributed by atoms with Gasteiger partial charge in [0.2, 0.25) is 0 Å². The monoisotopic (exact) mass is 344 g/mol. The Morgan fingerprint density at radius 1 is 0.962 bits per heavy atom. The molecule has 5 nitrogen and oxygen atoms in total. The van der Waals surface area contributed by atoms with Crippen LogP contribution in [0.15, 0.2) is 60.7 Å². The van der Waals surface area contributed by atoms with Crippen LogP contribution in [0.5, 0.6) is 0 Å². The smallest absolute Gasteiger partial charge is 0.270 e. The van der Waals surface area contributed by atoms with Crippen molar-refractivity contribution in [3.63, 3.8) is 0 Å². The molecule has 0 spiro atoms. The van der Waals surface area contributed by atoms with Gasteiger partial charge < -0.3 is 4.57 Å². The summed E-state index contributed by atoms with van der Waals surface area (Å²) in [6.45, 7) is 3.53. The minimum absolute atomic E-state index is 0.0205. The Labute approximate surface area is 149 Å². The highest BCUT2D eigenvalue weighted by molar-refractivity contribution is 6.11. The molecule has 0 amide bonds. The largest absolute Gasteiger partial charge is 0.308 e. The lowest BCUT2D eigenvalue weighted by molar-refractivity contribution is -0.384. The molecule has 0 aliphatic rings. The van der Waals surface area contributed by atoms with Gasteiger partial charge in [-0.25, -0.2) is 0 Å². The highest BCUT2D eigenvalue weighted by Gasteiger charge is 2.18. The summed E-state index contributed by atoms with van der Waals surface area (Å²) in [5, 5.41) is 12.9. The number of benzene rings is 3. The number of nitro groups is 1. The van der Waals surface area contributed by atoms with E-state index in [0.717, 1.165) is 33.1 Å². The molecule has 1 aromatic heterocycles. The summed E-state index contributed by atoms with van der Waals surface area (Å²) in [6, 6.07) is 18.3. The summed E-state index contributed by atoms with van der Waals surface area (Å²) in [7, 11) is 0. The zero-order valence-electron chi connectivity index (χ0n) is 14.4. The van der Waals surface area contributed by atoms with Crippen LogP contribution in [0.2, 0.25) is 0 Å². The van der Waals surface area contributed by atoms with Crippen molar-refractivity contribution in [2.45, 2.75) is 13.8 Å². The fourth-order valence-corrected chi connectivity index (χ4v) is 3.46. The Hall–Kier alpha value is -3.47. The van der Waals surface area contributed by atoms with E-state index in [2.05, 4.69) is 0 Å². The zero-order valence-corrected chi connectivity index (χ0v) is 14.4. The van der Waals surface area contributed by atoms with Crippen LogP contribution in [0.25, 0.3) is 27.5 Å². The molecule has 0 bridgehead atoms. The zero-order chi connectivity index (χ0) is 18.4. The van der Waals surface area contributed by atoms with E-state index in [-0.39, 0.29) is 16.4 Å². The second-order valence-electron chi connectivity index (χ2n) is 6.39. The van der Waals surface area contributed by atoms with Gasteiger partial charge in [0.25, 0.3) is 5.69 Å². The molecule has 1 heterocycles. The maximum Gasteiger partial charge on any atom is 0.270 e. The molecule has 0 fully saturated rings. The first kappa shape index (κ1) is 16.0. The van der Waals surface area contributed by atoms with Gasteiger partial charge in [-0.2, -0.15) is 0 Å². The van der Waals surface area contributed by atoms with Crippen molar-refractivity contribution in [3.05, 3.63) is 81.9 Å². The minimum Gasteiger partial charge on any atom is -0.308 e. The number of nitrogens with zero attached hydrogens (tertiary/aromatic N) is 2. The Bertz CT molecular complexity index is 1200. The highest BCUT2D eigenvalue weighted by atomic mass is 16.6. The number of carbonyl (C=O) groups is 1. The highest BCUT2D eigenvalue weighted by Crippen LogP contribution is 2.35. The summed E-state index contributed by atoms with van der Waals surface area (Å²) in [5.41, 5.74) is 4.25. The summed E-state index contributed by atoms with van der Waals surface area (Å²) >= 11 is 0. The van der Waals surface area contributed by atoms with Gasteiger partial charge in [0.05, 0.1) is 21.6 Å². The second-order valence-corrected chi connectivity index (χ2v) is 6.39. The molecule has 0 aliphatic carbocycles. The second kappa shape index (κ2) is 5.81. The number of non-ortho nitro benzene ring substituents is 1. The lowest BCUT2D eigenvalue weighted by atomic mass is 10.1. The van der Waals surface area contributed by atoms with Crippen LogP contribution in [0, 0.1) is 17.0 Å². The van der Waals surface area contributed by atoms with E-state index in [9.17, 15) is 14.9 Å². The number of carbonyl (C=O) groups excluding carboxylic acids is 1. The summed E-state index contributed by atoms with van der Waals surface area (Å²) in [6.07, 6.45) is 0. The van der Waals surface area contributed by atoms with Crippen molar-refractivity contribution in [1.29, 1.82) is 0 Å². The lowest BCUT2D eigenvalue weighted by Gasteiger charge is -2.13. The van der Waals surface area contributed by atoms with Crippen molar-refractivity contribution < 1.29 is 9.72 Å². The van der Waals surface area contributed by atoms with Crippen molar-refractivity contribution in [3.8, 4) is 5.69 Å². The van der Waals surface area contributed by atoms with Gasteiger partial charge in [-0.05, 0) is 43.7 Å². The Morgan fingerprint density at radius 2 is 1.69 bits per heavy atom. The normalized spacial score (nSPS) is 11.2. The van der Waals surface area contributed by atoms with E-state index in [1.807, 2.05) is 54.0 Å². The predicted octanol–water partition coefficient (Wildman–Crippen LogP) is 5.20. The lowest BCUT2D eigenvalue weighted by Crippen LogP contribution is -2.04. The van der Waals surface area contributed by atoms with Gasteiger partial charge in [-0.15, -0.1) is 0 Å². The van der Waals surface area contributed by atoms with Crippen molar-refractivity contribution in [2.24, 2.45) is 0 Å². The van der Waals surface area contributed by atoms with Gasteiger partial charge in [0.15, 0.2) is 5.78 Å². The van der Waals surface area contributed by atoms with Gasteiger partial charge in [-0.3, -0.25) is 14.9 Å². The number of hydrogen-bond acceptors (Lipinski definition) is 3. The Kier molecular flexibility index (Phi) is 3.58. The quantitative estimate of drug-likeness (QED) is 0.291. The van der Waals surface area contributed by atoms with Crippen LogP contribution < -0.4 is 0 Å². The summed E-state index contributed by atoms with van der Waals surface area (Å²) in [5.74, 6) is -0.0205. The number of hydrogen-bond donors (Lipinski definition) is 0. The molecule has 0 aliphatic heterocycles. The maximum atomic E-state index is 12.2.